The van der Waals surface area contributed by atoms with Crippen LogP contribution in [0.4, 0.5) is 11.4 Å². The smallest absolute Gasteiger partial charge is 0.0506 e. The average Bonchev–Trinajstić information content (AvgIpc) is 2.59. The SMILES string of the molecule is Cc1ccc(N=[N+]=[N-])c(CCOCCc2cc(C)ccc2N=[N+]=[N-])c1. The van der Waals surface area contributed by atoms with Gasteiger partial charge in [-0.2, -0.15) is 0 Å². The van der Waals surface area contributed by atoms with E-state index in [0.717, 1.165) is 22.3 Å². The quantitative estimate of drug-likeness (QED) is 0.251. The van der Waals surface area contributed by atoms with E-state index in [0.29, 0.717) is 37.4 Å². The molecule has 2 aromatic rings. The van der Waals surface area contributed by atoms with Crippen molar-refractivity contribution in [1.29, 1.82) is 0 Å². The molecule has 2 rings (SSSR count). The first kappa shape index (κ1) is 18.4. The summed E-state index contributed by atoms with van der Waals surface area (Å²) >= 11 is 0. The highest BCUT2D eigenvalue weighted by atomic mass is 16.5. The molecule has 0 fully saturated rings. The number of hydrogen-bond donors (Lipinski definition) is 0. The summed E-state index contributed by atoms with van der Waals surface area (Å²) in [5.41, 5.74) is 22.7. The Bertz CT molecular complexity index is 766. The Morgan fingerprint density at radius 3 is 1.64 bits per heavy atom. The highest BCUT2D eigenvalue weighted by molar-refractivity contribution is 5.48. The van der Waals surface area contributed by atoms with E-state index in [4.69, 9.17) is 15.8 Å². The summed E-state index contributed by atoms with van der Waals surface area (Å²) in [6, 6.07) is 11.5. The van der Waals surface area contributed by atoms with Crippen LogP contribution in [0.5, 0.6) is 0 Å². The molecule has 0 heterocycles. The van der Waals surface area contributed by atoms with Crippen LogP contribution in [0.25, 0.3) is 20.9 Å². The first-order valence-electron chi connectivity index (χ1n) is 8.01. The van der Waals surface area contributed by atoms with Crippen molar-refractivity contribution in [1.82, 2.24) is 0 Å². The summed E-state index contributed by atoms with van der Waals surface area (Å²) in [5, 5.41) is 7.43. The standard InChI is InChI=1S/C18H20N6O/c1-13-3-5-17(21-23-19)15(11-13)7-9-25-10-8-16-12-14(2)4-6-18(16)22-24-20/h3-6,11-12H,7-10H2,1-2H3. The lowest BCUT2D eigenvalue weighted by molar-refractivity contribution is 0.140. The minimum atomic E-state index is 0.528. The summed E-state index contributed by atoms with van der Waals surface area (Å²) < 4.78 is 5.72. The second-order valence-corrected chi connectivity index (χ2v) is 5.76. The summed E-state index contributed by atoms with van der Waals surface area (Å²) in [5.74, 6) is 0. The van der Waals surface area contributed by atoms with Crippen molar-refractivity contribution in [2.24, 2.45) is 10.2 Å². The molecule has 2 aromatic carbocycles. The van der Waals surface area contributed by atoms with E-state index in [9.17, 15) is 0 Å². The second kappa shape index (κ2) is 9.35. The molecule has 7 heteroatoms. The van der Waals surface area contributed by atoms with Crippen LogP contribution in [0.1, 0.15) is 22.3 Å². The molecule has 0 unspecified atom stereocenters. The zero-order valence-electron chi connectivity index (χ0n) is 14.4. The molecule has 0 aliphatic heterocycles. The van der Waals surface area contributed by atoms with Crippen LogP contribution >= 0.6 is 0 Å². The number of benzene rings is 2. The Morgan fingerprint density at radius 1 is 0.800 bits per heavy atom. The first-order valence-corrected chi connectivity index (χ1v) is 8.01. The molecule has 0 aliphatic carbocycles. The average molecular weight is 336 g/mol. The highest BCUT2D eigenvalue weighted by Crippen LogP contribution is 2.23. The predicted octanol–water partition coefficient (Wildman–Crippen LogP) is 5.99. The molecular weight excluding hydrogens is 316 g/mol. The van der Waals surface area contributed by atoms with Gasteiger partial charge in [-0.1, -0.05) is 57.8 Å². The van der Waals surface area contributed by atoms with Gasteiger partial charge in [-0.05, 0) is 48.9 Å². The lowest BCUT2D eigenvalue weighted by Crippen LogP contribution is -2.03. The van der Waals surface area contributed by atoms with Crippen molar-refractivity contribution in [3.8, 4) is 0 Å². The van der Waals surface area contributed by atoms with Gasteiger partial charge < -0.3 is 4.74 Å². The van der Waals surface area contributed by atoms with Gasteiger partial charge in [0.1, 0.15) is 0 Å². The molecule has 0 saturated heterocycles. The van der Waals surface area contributed by atoms with Gasteiger partial charge in [0.25, 0.3) is 0 Å². The Labute approximate surface area is 146 Å². The van der Waals surface area contributed by atoms with Gasteiger partial charge in [0.2, 0.25) is 0 Å². The van der Waals surface area contributed by atoms with E-state index in [-0.39, 0.29) is 0 Å². The van der Waals surface area contributed by atoms with Gasteiger partial charge in [0, 0.05) is 21.2 Å². The van der Waals surface area contributed by atoms with Crippen LogP contribution < -0.4 is 0 Å². The Hall–Kier alpha value is -2.98. The number of ether oxygens (including phenoxy) is 1. The maximum atomic E-state index is 8.63. The normalized spacial score (nSPS) is 10.0. The Balaban J connectivity index is 1.91. The molecule has 0 atom stereocenters. The van der Waals surface area contributed by atoms with E-state index < -0.39 is 0 Å². The minimum Gasteiger partial charge on any atom is -0.381 e. The van der Waals surface area contributed by atoms with E-state index in [1.54, 1.807) is 0 Å². The molecule has 7 nitrogen and oxygen atoms in total. The number of aryl methyl sites for hydroxylation is 2. The number of rotatable bonds is 8. The highest BCUT2D eigenvalue weighted by Gasteiger charge is 2.04. The molecule has 0 N–H and O–H groups in total. The zero-order valence-corrected chi connectivity index (χ0v) is 14.4. The molecule has 0 amide bonds. The summed E-state index contributed by atoms with van der Waals surface area (Å²) in [7, 11) is 0. The monoisotopic (exact) mass is 336 g/mol. The molecule has 0 aromatic heterocycles. The van der Waals surface area contributed by atoms with Crippen LogP contribution in [0.3, 0.4) is 0 Å². The third-order valence-corrected chi connectivity index (χ3v) is 3.81. The number of nitrogens with zero attached hydrogens (tertiary/aromatic N) is 6. The molecule has 0 aliphatic rings. The van der Waals surface area contributed by atoms with Crippen LogP contribution in [-0.4, -0.2) is 13.2 Å². The van der Waals surface area contributed by atoms with E-state index in [1.165, 1.54) is 0 Å². The summed E-state index contributed by atoms with van der Waals surface area (Å²) in [6.07, 6.45) is 1.35. The summed E-state index contributed by atoms with van der Waals surface area (Å²) in [6.45, 7) is 5.05. The van der Waals surface area contributed by atoms with Crippen LogP contribution in [-0.2, 0) is 17.6 Å². The van der Waals surface area contributed by atoms with Gasteiger partial charge in [-0.15, -0.1) is 0 Å². The maximum Gasteiger partial charge on any atom is 0.0506 e. The lowest BCUT2D eigenvalue weighted by atomic mass is 10.1. The van der Waals surface area contributed by atoms with Gasteiger partial charge >= 0.3 is 0 Å². The fourth-order valence-electron chi connectivity index (χ4n) is 2.59. The number of azide groups is 2. The molecular formula is C18H20N6O. The van der Waals surface area contributed by atoms with Crippen molar-refractivity contribution in [2.75, 3.05) is 13.2 Å². The van der Waals surface area contributed by atoms with E-state index in [2.05, 4.69) is 20.1 Å². The molecule has 0 spiro atoms. The van der Waals surface area contributed by atoms with Crippen LogP contribution in [0, 0.1) is 13.8 Å². The third-order valence-electron chi connectivity index (χ3n) is 3.81. The maximum absolute atomic E-state index is 8.63. The molecule has 128 valence electrons. The van der Waals surface area contributed by atoms with Crippen molar-refractivity contribution >= 4 is 11.4 Å². The first-order chi connectivity index (χ1) is 12.1. The predicted molar refractivity (Wildman–Crippen MR) is 98.2 cm³/mol. The van der Waals surface area contributed by atoms with E-state index >= 15 is 0 Å². The fourth-order valence-corrected chi connectivity index (χ4v) is 2.59. The minimum absolute atomic E-state index is 0.528. The van der Waals surface area contributed by atoms with Crippen LogP contribution in [0.2, 0.25) is 0 Å². The molecule has 0 radical (unpaired) electrons. The number of hydrogen-bond acceptors (Lipinski definition) is 3. The fraction of sp³-hybridized carbons (Fsp3) is 0.333. The van der Waals surface area contributed by atoms with Gasteiger partial charge in [-0.25, -0.2) is 0 Å². The molecule has 25 heavy (non-hydrogen) atoms. The lowest BCUT2D eigenvalue weighted by Gasteiger charge is -2.09. The van der Waals surface area contributed by atoms with Crippen LogP contribution in [0.15, 0.2) is 46.6 Å². The Morgan fingerprint density at radius 2 is 1.24 bits per heavy atom. The summed E-state index contributed by atoms with van der Waals surface area (Å²) in [4.78, 5) is 5.72. The van der Waals surface area contributed by atoms with Gasteiger partial charge in [0.15, 0.2) is 0 Å². The van der Waals surface area contributed by atoms with Crippen molar-refractivity contribution in [3.05, 3.63) is 79.5 Å². The third kappa shape index (κ3) is 5.55. The van der Waals surface area contributed by atoms with E-state index in [1.807, 2.05) is 50.2 Å². The second-order valence-electron chi connectivity index (χ2n) is 5.76. The van der Waals surface area contributed by atoms with Gasteiger partial charge in [0.05, 0.1) is 13.2 Å². The molecule has 0 bridgehead atoms. The Kier molecular flexibility index (Phi) is 6.87. The topological polar surface area (TPSA) is 107 Å². The van der Waals surface area contributed by atoms with Crippen molar-refractivity contribution < 1.29 is 4.74 Å². The van der Waals surface area contributed by atoms with Crippen molar-refractivity contribution in [2.45, 2.75) is 26.7 Å². The molecule has 0 saturated carbocycles. The largest absolute Gasteiger partial charge is 0.381 e. The zero-order chi connectivity index (χ0) is 18.1. The van der Waals surface area contributed by atoms with Gasteiger partial charge in [-0.3, -0.25) is 0 Å². The van der Waals surface area contributed by atoms with Crippen molar-refractivity contribution in [3.63, 3.8) is 0 Å².